The first-order chi connectivity index (χ1) is 9.28. The molecule has 1 aliphatic heterocycles. The van der Waals surface area contributed by atoms with Crippen LogP contribution in [0, 0.1) is 5.92 Å². The molecule has 2 aromatic heterocycles. The zero-order valence-electron chi connectivity index (χ0n) is 11.6. The number of hydrogen-bond donors (Lipinski definition) is 2. The Morgan fingerprint density at radius 1 is 1.55 bits per heavy atom. The van der Waals surface area contributed by atoms with Crippen LogP contribution in [-0.4, -0.2) is 34.2 Å². The van der Waals surface area contributed by atoms with Crippen LogP contribution in [0.3, 0.4) is 0 Å². The van der Waals surface area contributed by atoms with Crippen LogP contribution in [0.2, 0.25) is 0 Å². The van der Waals surface area contributed by atoms with Gasteiger partial charge in [-0.1, -0.05) is 0 Å². The first-order valence-electron chi connectivity index (χ1n) is 6.77. The molecule has 2 atom stereocenters. The van der Waals surface area contributed by atoms with E-state index in [1.165, 1.54) is 17.5 Å². The summed E-state index contributed by atoms with van der Waals surface area (Å²) in [4.78, 5) is 2.51. The van der Waals surface area contributed by atoms with Crippen molar-refractivity contribution >= 4 is 23.7 Å². The number of aromatic amines is 1. The van der Waals surface area contributed by atoms with Gasteiger partial charge in [-0.3, -0.25) is 10.00 Å². The molecule has 110 valence electrons. The summed E-state index contributed by atoms with van der Waals surface area (Å²) in [6.45, 7) is 5.15. The van der Waals surface area contributed by atoms with Gasteiger partial charge < -0.3 is 5.73 Å². The molecule has 0 radical (unpaired) electrons. The molecule has 2 unspecified atom stereocenters. The van der Waals surface area contributed by atoms with Gasteiger partial charge in [0.2, 0.25) is 0 Å². The fourth-order valence-corrected chi connectivity index (χ4v) is 3.56. The highest BCUT2D eigenvalue weighted by Gasteiger charge is 2.28. The topological polar surface area (TPSA) is 57.9 Å². The number of thiophene rings is 1. The number of hydrogen-bond acceptors (Lipinski definition) is 4. The minimum Gasteiger partial charge on any atom is -0.330 e. The average Bonchev–Trinajstić information content (AvgIpc) is 3.11. The van der Waals surface area contributed by atoms with Crippen molar-refractivity contribution in [3.63, 3.8) is 0 Å². The van der Waals surface area contributed by atoms with Crippen molar-refractivity contribution < 1.29 is 0 Å². The number of rotatable bonds is 4. The fraction of sp³-hybridized carbons (Fsp3) is 0.500. The van der Waals surface area contributed by atoms with Crippen molar-refractivity contribution in [2.24, 2.45) is 11.7 Å². The van der Waals surface area contributed by atoms with Crippen molar-refractivity contribution in [3.05, 3.63) is 28.6 Å². The molecule has 2 aromatic rings. The lowest BCUT2D eigenvalue weighted by Crippen LogP contribution is -2.27. The highest BCUT2D eigenvalue weighted by molar-refractivity contribution is 7.08. The maximum atomic E-state index is 5.79. The van der Waals surface area contributed by atoms with Gasteiger partial charge >= 0.3 is 0 Å². The Morgan fingerprint density at radius 2 is 2.40 bits per heavy atom. The van der Waals surface area contributed by atoms with Crippen LogP contribution in [0.5, 0.6) is 0 Å². The van der Waals surface area contributed by atoms with E-state index in [4.69, 9.17) is 5.73 Å². The maximum absolute atomic E-state index is 5.79. The van der Waals surface area contributed by atoms with Gasteiger partial charge in [-0.25, -0.2) is 0 Å². The molecule has 1 saturated heterocycles. The molecule has 1 fully saturated rings. The normalized spacial score (nSPS) is 22.9. The standard InChI is InChI=1S/C14H20N4S.ClH/c1-10-4-11(5-15)7-18(10)8-13-6-16-17-14(13)12-2-3-19-9-12;/h2-3,6,9-11H,4-5,7-8,15H2,1H3,(H,16,17);1H. The average molecular weight is 313 g/mol. The van der Waals surface area contributed by atoms with Crippen molar-refractivity contribution in [1.82, 2.24) is 15.1 Å². The van der Waals surface area contributed by atoms with Gasteiger partial charge in [0.15, 0.2) is 0 Å². The van der Waals surface area contributed by atoms with Crippen LogP contribution in [0.1, 0.15) is 18.9 Å². The van der Waals surface area contributed by atoms with Gasteiger partial charge in [0.25, 0.3) is 0 Å². The number of H-pyrrole nitrogens is 1. The van der Waals surface area contributed by atoms with E-state index in [-0.39, 0.29) is 12.4 Å². The summed E-state index contributed by atoms with van der Waals surface area (Å²) in [5.74, 6) is 0.645. The Labute approximate surface area is 129 Å². The highest BCUT2D eigenvalue weighted by Crippen LogP contribution is 2.28. The van der Waals surface area contributed by atoms with Crippen LogP contribution >= 0.6 is 23.7 Å². The minimum atomic E-state index is 0. The Hall–Kier alpha value is -0.880. The van der Waals surface area contributed by atoms with Crippen molar-refractivity contribution in [2.45, 2.75) is 25.9 Å². The van der Waals surface area contributed by atoms with Crippen LogP contribution < -0.4 is 5.73 Å². The van der Waals surface area contributed by atoms with Gasteiger partial charge in [0.1, 0.15) is 0 Å². The molecule has 3 N–H and O–H groups in total. The smallest absolute Gasteiger partial charge is 0.0703 e. The molecule has 20 heavy (non-hydrogen) atoms. The Morgan fingerprint density at radius 3 is 3.05 bits per heavy atom. The first kappa shape index (κ1) is 15.5. The molecule has 4 nitrogen and oxygen atoms in total. The zero-order valence-corrected chi connectivity index (χ0v) is 13.2. The summed E-state index contributed by atoms with van der Waals surface area (Å²) < 4.78 is 0. The Kier molecular flexibility index (Phi) is 5.21. The molecule has 0 aliphatic carbocycles. The van der Waals surface area contributed by atoms with Gasteiger partial charge in [-0.15, -0.1) is 12.4 Å². The summed E-state index contributed by atoms with van der Waals surface area (Å²) in [5, 5.41) is 11.6. The van der Waals surface area contributed by atoms with E-state index in [0.717, 1.165) is 25.3 Å². The van der Waals surface area contributed by atoms with Crippen molar-refractivity contribution in [2.75, 3.05) is 13.1 Å². The number of nitrogens with one attached hydrogen (secondary N) is 1. The van der Waals surface area contributed by atoms with Crippen LogP contribution in [0.4, 0.5) is 0 Å². The third-order valence-corrected chi connectivity index (χ3v) is 4.71. The highest BCUT2D eigenvalue weighted by atomic mass is 35.5. The molecule has 0 spiro atoms. The Bertz CT molecular complexity index is 525. The number of halogens is 1. The summed E-state index contributed by atoms with van der Waals surface area (Å²) in [6.07, 6.45) is 3.16. The number of aromatic nitrogens is 2. The van der Waals surface area contributed by atoms with E-state index in [1.54, 1.807) is 11.3 Å². The molecule has 0 bridgehead atoms. The summed E-state index contributed by atoms with van der Waals surface area (Å²) in [7, 11) is 0. The van der Waals surface area contributed by atoms with E-state index >= 15 is 0 Å². The molecular formula is C14H21ClN4S. The van der Waals surface area contributed by atoms with E-state index in [1.807, 2.05) is 6.20 Å². The summed E-state index contributed by atoms with van der Waals surface area (Å²) in [5.41, 5.74) is 9.47. The lowest BCUT2D eigenvalue weighted by Gasteiger charge is -2.20. The predicted octanol–water partition coefficient (Wildman–Crippen LogP) is 2.73. The van der Waals surface area contributed by atoms with E-state index in [0.29, 0.717) is 12.0 Å². The number of nitrogens with zero attached hydrogens (tertiary/aromatic N) is 2. The second kappa shape index (κ2) is 6.72. The second-order valence-electron chi connectivity index (χ2n) is 5.40. The number of nitrogens with two attached hydrogens (primary N) is 1. The van der Waals surface area contributed by atoms with E-state index in [2.05, 4.69) is 38.8 Å². The summed E-state index contributed by atoms with van der Waals surface area (Å²) >= 11 is 1.72. The number of likely N-dealkylation sites (tertiary alicyclic amines) is 1. The quantitative estimate of drug-likeness (QED) is 0.912. The van der Waals surface area contributed by atoms with Crippen LogP contribution in [0.25, 0.3) is 11.3 Å². The third kappa shape index (κ3) is 3.06. The van der Waals surface area contributed by atoms with Gasteiger partial charge in [0.05, 0.1) is 11.9 Å². The van der Waals surface area contributed by atoms with E-state index < -0.39 is 0 Å². The van der Waals surface area contributed by atoms with Crippen molar-refractivity contribution in [1.29, 1.82) is 0 Å². The lowest BCUT2D eigenvalue weighted by molar-refractivity contribution is 0.256. The molecule has 1 aliphatic rings. The zero-order chi connectivity index (χ0) is 13.2. The lowest BCUT2D eigenvalue weighted by atomic mass is 10.1. The molecule has 3 rings (SSSR count). The van der Waals surface area contributed by atoms with Crippen molar-refractivity contribution in [3.8, 4) is 11.3 Å². The molecule has 0 amide bonds. The summed E-state index contributed by atoms with van der Waals surface area (Å²) in [6, 6.07) is 2.75. The second-order valence-corrected chi connectivity index (χ2v) is 6.18. The van der Waals surface area contributed by atoms with Gasteiger partial charge in [0, 0.05) is 35.6 Å². The molecule has 0 saturated carbocycles. The molecule has 6 heteroatoms. The molecule has 0 aromatic carbocycles. The van der Waals surface area contributed by atoms with Gasteiger partial charge in [-0.2, -0.15) is 16.4 Å². The SMILES string of the molecule is CC1CC(CN)CN1Cc1cn[nH]c1-c1ccsc1.Cl. The largest absolute Gasteiger partial charge is 0.330 e. The molecular weight excluding hydrogens is 292 g/mol. The van der Waals surface area contributed by atoms with Crippen LogP contribution in [0.15, 0.2) is 23.0 Å². The van der Waals surface area contributed by atoms with Crippen LogP contribution in [-0.2, 0) is 6.54 Å². The van der Waals surface area contributed by atoms with Gasteiger partial charge in [-0.05, 0) is 37.3 Å². The third-order valence-electron chi connectivity index (χ3n) is 4.02. The Balaban J connectivity index is 0.00000147. The monoisotopic (exact) mass is 312 g/mol. The maximum Gasteiger partial charge on any atom is 0.0703 e. The van der Waals surface area contributed by atoms with E-state index in [9.17, 15) is 0 Å². The molecule has 3 heterocycles. The fourth-order valence-electron chi connectivity index (χ4n) is 2.92. The first-order valence-corrected chi connectivity index (χ1v) is 7.71. The predicted molar refractivity (Wildman–Crippen MR) is 86.2 cm³/mol. The minimum absolute atomic E-state index is 0.